The average molecular weight is 396 g/mol. The van der Waals surface area contributed by atoms with E-state index in [4.69, 9.17) is 11.6 Å². The minimum absolute atomic E-state index is 0. The van der Waals surface area contributed by atoms with E-state index in [1.807, 2.05) is 7.05 Å². The number of hydrogen-bond acceptors (Lipinski definition) is 3. The van der Waals surface area contributed by atoms with Crippen molar-refractivity contribution in [1.82, 2.24) is 10.2 Å². The third kappa shape index (κ3) is 2.97. The van der Waals surface area contributed by atoms with Gasteiger partial charge in [0.05, 0.1) is 6.54 Å². The summed E-state index contributed by atoms with van der Waals surface area (Å²) in [6.45, 7) is 1.77. The van der Waals surface area contributed by atoms with Crippen molar-refractivity contribution in [2.45, 2.75) is 18.4 Å². The highest BCUT2D eigenvalue weighted by Gasteiger charge is 2.42. The fourth-order valence-corrected chi connectivity index (χ4v) is 2.70. The van der Waals surface area contributed by atoms with E-state index in [0.717, 1.165) is 25.5 Å². The molecule has 2 unspecified atom stereocenters. The number of rotatable bonds is 2. The molecule has 1 saturated carbocycles. The topological polar surface area (TPSA) is 27.6 Å². The molecule has 1 aromatic rings. The maximum absolute atomic E-state index is 13.8. The van der Waals surface area contributed by atoms with Gasteiger partial charge in [0.25, 0.3) is 0 Å². The van der Waals surface area contributed by atoms with Gasteiger partial charge in [0.2, 0.25) is 0 Å². The van der Waals surface area contributed by atoms with E-state index in [1.54, 1.807) is 12.1 Å². The number of nitrogens with zero attached hydrogens (tertiary/aromatic N) is 2. The van der Waals surface area contributed by atoms with Gasteiger partial charge in [0, 0.05) is 36.1 Å². The number of benzene rings is 1. The molecule has 19 heavy (non-hydrogen) atoms. The van der Waals surface area contributed by atoms with E-state index >= 15 is 0 Å². The molecule has 2 aliphatic rings. The lowest BCUT2D eigenvalue weighted by Gasteiger charge is -2.15. The van der Waals surface area contributed by atoms with Crippen molar-refractivity contribution in [3.63, 3.8) is 0 Å². The van der Waals surface area contributed by atoms with E-state index in [0.29, 0.717) is 10.6 Å². The van der Waals surface area contributed by atoms with Gasteiger partial charge in [0.15, 0.2) is 5.96 Å². The first kappa shape index (κ1) is 14.8. The van der Waals surface area contributed by atoms with E-state index in [-0.39, 0.29) is 41.8 Å². The van der Waals surface area contributed by atoms with Crippen molar-refractivity contribution in [3.8, 4) is 0 Å². The molecule has 0 bridgehead atoms. The second kappa shape index (κ2) is 5.83. The van der Waals surface area contributed by atoms with Crippen LogP contribution in [0, 0.1) is 5.82 Å². The van der Waals surface area contributed by atoms with Gasteiger partial charge in [-0.05, 0) is 18.6 Å². The van der Waals surface area contributed by atoms with Gasteiger partial charge in [-0.3, -0.25) is 4.99 Å². The second-order valence-corrected chi connectivity index (χ2v) is 5.26. The Labute approximate surface area is 134 Å². The lowest BCUT2D eigenvalue weighted by atomic mass is 10.1. The maximum atomic E-state index is 13.8. The lowest BCUT2D eigenvalue weighted by Crippen LogP contribution is -2.37. The third-order valence-corrected chi connectivity index (χ3v) is 3.86. The van der Waals surface area contributed by atoms with Gasteiger partial charge in [-0.2, -0.15) is 0 Å². The summed E-state index contributed by atoms with van der Waals surface area (Å²) in [5.41, 5.74) is 0.637. The molecule has 1 fully saturated rings. The number of aliphatic imine (C=N–C) groups is 1. The fourth-order valence-electron chi connectivity index (χ4n) is 2.39. The van der Waals surface area contributed by atoms with Crippen LogP contribution in [0.2, 0.25) is 5.02 Å². The highest BCUT2D eigenvalue weighted by molar-refractivity contribution is 14.0. The first-order valence-electron chi connectivity index (χ1n) is 6.13. The van der Waals surface area contributed by atoms with Gasteiger partial charge in [-0.1, -0.05) is 17.7 Å². The SMILES string of the molecule is CN1CCN=C1NC1CC1c1c(F)cccc1Cl.I. The van der Waals surface area contributed by atoms with E-state index in [2.05, 4.69) is 15.2 Å². The Bertz CT molecular complexity index is 488. The van der Waals surface area contributed by atoms with Gasteiger partial charge in [-0.25, -0.2) is 4.39 Å². The summed E-state index contributed by atoms with van der Waals surface area (Å²) in [5.74, 6) is 0.865. The summed E-state index contributed by atoms with van der Waals surface area (Å²) >= 11 is 6.07. The Balaban J connectivity index is 0.00000133. The lowest BCUT2D eigenvalue weighted by molar-refractivity contribution is 0.532. The fraction of sp³-hybridized carbons (Fsp3) is 0.462. The van der Waals surface area contributed by atoms with Crippen LogP contribution in [-0.2, 0) is 0 Å². The van der Waals surface area contributed by atoms with Crippen molar-refractivity contribution in [1.29, 1.82) is 0 Å². The molecule has 6 heteroatoms. The zero-order valence-electron chi connectivity index (χ0n) is 10.6. The van der Waals surface area contributed by atoms with E-state index in [1.165, 1.54) is 6.07 Å². The number of halogens is 3. The van der Waals surface area contributed by atoms with Crippen molar-refractivity contribution < 1.29 is 4.39 Å². The summed E-state index contributed by atoms with van der Waals surface area (Å²) in [4.78, 5) is 6.46. The maximum Gasteiger partial charge on any atom is 0.194 e. The molecular weight excluding hydrogens is 380 g/mol. The standard InChI is InChI=1S/C13H15ClFN3.HI/c1-18-6-5-16-13(18)17-11-7-8(11)12-9(14)3-2-4-10(12)15;/h2-4,8,11H,5-7H2,1H3,(H,16,17);1H. The van der Waals surface area contributed by atoms with Gasteiger partial charge >= 0.3 is 0 Å². The molecule has 104 valence electrons. The molecule has 0 amide bonds. The van der Waals surface area contributed by atoms with Crippen LogP contribution in [0.25, 0.3) is 0 Å². The smallest absolute Gasteiger partial charge is 0.194 e. The van der Waals surface area contributed by atoms with Crippen LogP contribution < -0.4 is 5.32 Å². The molecule has 3 rings (SSSR count). The summed E-state index contributed by atoms with van der Waals surface area (Å²) in [6, 6.07) is 5.10. The molecule has 0 spiro atoms. The van der Waals surface area contributed by atoms with Crippen molar-refractivity contribution in [2.24, 2.45) is 4.99 Å². The van der Waals surface area contributed by atoms with E-state index < -0.39 is 0 Å². The summed E-state index contributed by atoms with van der Waals surface area (Å²) in [7, 11) is 2.01. The quantitative estimate of drug-likeness (QED) is 0.780. The predicted octanol–water partition coefficient (Wildman–Crippen LogP) is 2.84. The number of likely N-dealkylation sites (N-methyl/N-ethyl adjacent to an activating group) is 1. The molecule has 1 N–H and O–H groups in total. The van der Waals surface area contributed by atoms with Crippen LogP contribution >= 0.6 is 35.6 Å². The van der Waals surface area contributed by atoms with Crippen molar-refractivity contribution in [2.75, 3.05) is 20.1 Å². The Morgan fingerprint density at radius 1 is 1.47 bits per heavy atom. The Morgan fingerprint density at radius 2 is 2.26 bits per heavy atom. The van der Waals surface area contributed by atoms with Crippen LogP contribution in [0.15, 0.2) is 23.2 Å². The number of nitrogens with one attached hydrogen (secondary N) is 1. The highest BCUT2D eigenvalue weighted by atomic mass is 127. The summed E-state index contributed by atoms with van der Waals surface area (Å²) in [6.07, 6.45) is 0.910. The molecule has 0 radical (unpaired) electrons. The molecule has 2 atom stereocenters. The minimum Gasteiger partial charge on any atom is -0.353 e. The zero-order chi connectivity index (χ0) is 12.7. The largest absolute Gasteiger partial charge is 0.353 e. The first-order chi connectivity index (χ1) is 8.66. The van der Waals surface area contributed by atoms with Crippen LogP contribution in [0.1, 0.15) is 17.9 Å². The van der Waals surface area contributed by atoms with Crippen LogP contribution in [-0.4, -0.2) is 37.0 Å². The molecule has 0 saturated heterocycles. The summed E-state index contributed by atoms with van der Waals surface area (Å²) < 4.78 is 13.8. The highest BCUT2D eigenvalue weighted by Crippen LogP contribution is 2.44. The van der Waals surface area contributed by atoms with Gasteiger partial charge in [0.1, 0.15) is 5.82 Å². The monoisotopic (exact) mass is 395 g/mol. The second-order valence-electron chi connectivity index (χ2n) is 4.86. The number of hydrogen-bond donors (Lipinski definition) is 1. The van der Waals surface area contributed by atoms with Crippen molar-refractivity contribution >= 4 is 41.5 Å². The third-order valence-electron chi connectivity index (χ3n) is 3.53. The van der Waals surface area contributed by atoms with Crippen LogP contribution in [0.5, 0.6) is 0 Å². The van der Waals surface area contributed by atoms with Gasteiger partial charge < -0.3 is 10.2 Å². The van der Waals surface area contributed by atoms with Crippen molar-refractivity contribution in [3.05, 3.63) is 34.6 Å². The molecule has 3 nitrogen and oxygen atoms in total. The molecule has 1 aliphatic heterocycles. The first-order valence-corrected chi connectivity index (χ1v) is 6.50. The molecule has 0 aromatic heterocycles. The Hall–Kier alpha value is -0.560. The predicted molar refractivity (Wildman–Crippen MR) is 86.0 cm³/mol. The van der Waals surface area contributed by atoms with Crippen LogP contribution in [0.3, 0.4) is 0 Å². The molecule has 1 heterocycles. The van der Waals surface area contributed by atoms with Crippen LogP contribution in [0.4, 0.5) is 4.39 Å². The zero-order valence-corrected chi connectivity index (χ0v) is 13.7. The summed E-state index contributed by atoms with van der Waals surface area (Å²) in [5, 5.41) is 3.88. The number of guanidine groups is 1. The molecule has 1 aromatic carbocycles. The molecule has 1 aliphatic carbocycles. The average Bonchev–Trinajstić information content (AvgIpc) is 2.94. The normalized spacial score (nSPS) is 24.8. The minimum atomic E-state index is -0.210. The Kier molecular flexibility index (Phi) is 4.55. The van der Waals surface area contributed by atoms with Gasteiger partial charge in [-0.15, -0.1) is 24.0 Å². The molecular formula is C13H16ClFIN3. The van der Waals surface area contributed by atoms with E-state index in [9.17, 15) is 4.39 Å². The Morgan fingerprint density at radius 3 is 2.89 bits per heavy atom.